The summed E-state index contributed by atoms with van der Waals surface area (Å²) in [5.41, 5.74) is 0. The number of carboxylic acids is 1. The number of carbonyl (C=O) groups is 2. The molecule has 90 valence electrons. The van der Waals surface area contributed by atoms with Crippen molar-refractivity contribution in [3.8, 4) is 11.5 Å². The molecule has 17 heavy (non-hydrogen) atoms. The van der Waals surface area contributed by atoms with E-state index in [9.17, 15) is 9.59 Å². The largest absolute Gasteiger partial charge is 0.475 e. The smallest absolute Gasteiger partial charge is 0.453 e. The van der Waals surface area contributed by atoms with Crippen molar-refractivity contribution in [2.75, 3.05) is 6.61 Å². The summed E-state index contributed by atoms with van der Waals surface area (Å²) in [5, 5.41) is 9.08. The minimum Gasteiger partial charge on any atom is -0.475 e. The van der Waals surface area contributed by atoms with Gasteiger partial charge in [0.25, 0.3) is 0 Å². The first-order valence-electron chi connectivity index (χ1n) is 4.98. The second kappa shape index (κ2) is 3.97. The Morgan fingerprint density at radius 2 is 1.82 bits per heavy atom. The van der Waals surface area contributed by atoms with Gasteiger partial charge in [0.1, 0.15) is 0 Å². The van der Waals surface area contributed by atoms with Crippen LogP contribution in [-0.2, 0) is 14.3 Å². The third kappa shape index (κ3) is 1.67. The van der Waals surface area contributed by atoms with Crippen LogP contribution in [0.5, 0.6) is 11.5 Å². The van der Waals surface area contributed by atoms with Gasteiger partial charge in [-0.3, -0.25) is 0 Å². The van der Waals surface area contributed by atoms with Gasteiger partial charge in [0.15, 0.2) is 11.5 Å². The zero-order valence-electron chi connectivity index (χ0n) is 9.00. The van der Waals surface area contributed by atoms with Gasteiger partial charge in [-0.25, -0.2) is 9.59 Å². The Hall–Kier alpha value is -2.24. The van der Waals surface area contributed by atoms with Crippen LogP contribution in [0.3, 0.4) is 0 Å². The maximum absolute atomic E-state index is 11.6. The number of rotatable bonds is 3. The molecule has 0 radical (unpaired) electrons. The minimum absolute atomic E-state index is 0.0386. The second-order valence-electron chi connectivity index (χ2n) is 3.29. The summed E-state index contributed by atoms with van der Waals surface area (Å²) in [7, 11) is 0. The quantitative estimate of drug-likeness (QED) is 0.619. The zero-order valence-corrected chi connectivity index (χ0v) is 9.00. The highest BCUT2D eigenvalue weighted by atomic mass is 16.8. The fraction of sp³-hybridized carbons (Fsp3) is 0.273. The highest BCUT2D eigenvalue weighted by molar-refractivity contribution is 6.02. The molecule has 0 aliphatic carbocycles. The molecule has 1 aromatic rings. The van der Waals surface area contributed by atoms with Gasteiger partial charge in [-0.15, -0.1) is 0 Å². The van der Waals surface area contributed by atoms with Crippen LogP contribution in [0.1, 0.15) is 6.92 Å². The van der Waals surface area contributed by atoms with Crippen LogP contribution in [0.15, 0.2) is 24.3 Å². The van der Waals surface area contributed by atoms with E-state index in [1.54, 1.807) is 19.1 Å². The van der Waals surface area contributed by atoms with Crippen LogP contribution < -0.4 is 9.47 Å². The molecule has 0 spiro atoms. The molecule has 0 fully saturated rings. The molecule has 0 saturated carbocycles. The molecule has 6 nitrogen and oxygen atoms in total. The highest BCUT2D eigenvalue weighted by Crippen LogP contribution is 2.39. The minimum atomic E-state index is -2.43. The van der Waals surface area contributed by atoms with Crippen LogP contribution in [0.4, 0.5) is 0 Å². The number of hydrogen-bond donors (Lipinski definition) is 1. The average molecular weight is 238 g/mol. The lowest BCUT2D eigenvalue weighted by atomic mass is 10.3. The summed E-state index contributed by atoms with van der Waals surface area (Å²) >= 11 is 0. The number of hydrogen-bond acceptors (Lipinski definition) is 5. The Balaban J connectivity index is 2.36. The molecular formula is C11H10O6. The third-order valence-electron chi connectivity index (χ3n) is 2.18. The van der Waals surface area contributed by atoms with Gasteiger partial charge in [0.2, 0.25) is 0 Å². The van der Waals surface area contributed by atoms with Crippen molar-refractivity contribution in [2.45, 2.75) is 12.7 Å². The predicted molar refractivity (Wildman–Crippen MR) is 54.7 cm³/mol. The number of fused-ring (bicyclic) bond motifs is 1. The van der Waals surface area contributed by atoms with Crippen LogP contribution in [0.25, 0.3) is 0 Å². The molecule has 0 aromatic heterocycles. The highest BCUT2D eigenvalue weighted by Gasteiger charge is 2.58. The zero-order chi connectivity index (χ0) is 12.5. The van der Waals surface area contributed by atoms with E-state index >= 15 is 0 Å². The molecule has 0 saturated heterocycles. The molecule has 1 N–H and O–H groups in total. The molecule has 1 aromatic carbocycles. The number of carboxylic acid groups (broad SMARTS) is 1. The SMILES string of the molecule is CCOC(=O)C1(C(=O)O)Oc2ccccc2O1. The Bertz CT molecular complexity index is 442. The third-order valence-corrected chi connectivity index (χ3v) is 2.18. The lowest BCUT2D eigenvalue weighted by Gasteiger charge is -2.19. The fourth-order valence-corrected chi connectivity index (χ4v) is 1.43. The lowest BCUT2D eigenvalue weighted by molar-refractivity contribution is -0.198. The van der Waals surface area contributed by atoms with Crippen molar-refractivity contribution < 1.29 is 28.9 Å². The van der Waals surface area contributed by atoms with Crippen molar-refractivity contribution in [3.63, 3.8) is 0 Å². The summed E-state index contributed by atoms with van der Waals surface area (Å²) in [6.07, 6.45) is 0. The van der Waals surface area contributed by atoms with Crippen molar-refractivity contribution in [1.29, 1.82) is 0 Å². The van der Waals surface area contributed by atoms with E-state index in [1.165, 1.54) is 12.1 Å². The van der Waals surface area contributed by atoms with Crippen molar-refractivity contribution in [2.24, 2.45) is 0 Å². The Kier molecular flexibility index (Phi) is 2.63. The van der Waals surface area contributed by atoms with Gasteiger partial charge in [-0.1, -0.05) is 12.1 Å². The van der Waals surface area contributed by atoms with Crippen LogP contribution in [-0.4, -0.2) is 29.4 Å². The van der Waals surface area contributed by atoms with Gasteiger partial charge in [-0.05, 0) is 19.1 Å². The first kappa shape index (κ1) is 11.3. The molecule has 0 unspecified atom stereocenters. The molecule has 0 atom stereocenters. The number of ether oxygens (including phenoxy) is 3. The summed E-state index contributed by atoms with van der Waals surface area (Å²) < 4.78 is 14.8. The number of para-hydroxylation sites is 2. The second-order valence-corrected chi connectivity index (χ2v) is 3.29. The normalized spacial score (nSPS) is 15.4. The molecule has 6 heteroatoms. The predicted octanol–water partition coefficient (Wildman–Crippen LogP) is 0.802. The maximum atomic E-state index is 11.6. The van der Waals surface area contributed by atoms with Crippen LogP contribution in [0, 0.1) is 0 Å². The first-order valence-corrected chi connectivity index (χ1v) is 4.98. The van der Waals surface area contributed by atoms with Crippen LogP contribution >= 0.6 is 0 Å². The van der Waals surface area contributed by atoms with E-state index in [4.69, 9.17) is 14.6 Å². The van der Waals surface area contributed by atoms with Crippen molar-refractivity contribution in [1.82, 2.24) is 0 Å². The Morgan fingerprint density at radius 1 is 1.29 bits per heavy atom. The molecule has 0 amide bonds. The van der Waals surface area contributed by atoms with Gasteiger partial charge in [0, 0.05) is 0 Å². The van der Waals surface area contributed by atoms with Crippen LogP contribution in [0.2, 0.25) is 0 Å². The van der Waals surface area contributed by atoms with Gasteiger partial charge < -0.3 is 19.3 Å². The monoisotopic (exact) mass is 238 g/mol. The Labute approximate surface area is 96.7 Å². The first-order chi connectivity index (χ1) is 8.10. The van der Waals surface area contributed by atoms with E-state index in [0.29, 0.717) is 0 Å². The van der Waals surface area contributed by atoms with Crippen molar-refractivity contribution in [3.05, 3.63) is 24.3 Å². The average Bonchev–Trinajstić information content (AvgIpc) is 2.69. The van der Waals surface area contributed by atoms with Gasteiger partial charge in [0.05, 0.1) is 6.61 Å². The van der Waals surface area contributed by atoms with Crippen molar-refractivity contribution >= 4 is 11.9 Å². The summed E-state index contributed by atoms with van der Waals surface area (Å²) in [4.78, 5) is 22.8. The standard InChI is InChI=1S/C11H10O6/c1-2-15-10(14)11(9(12)13)16-7-5-3-4-6-8(7)17-11/h3-6H,2H2,1H3,(H,12,13). The fourth-order valence-electron chi connectivity index (χ4n) is 1.43. The molecule has 1 heterocycles. The van der Waals surface area contributed by atoms with Gasteiger partial charge >= 0.3 is 17.7 Å². The molecule has 1 aliphatic heterocycles. The summed E-state index contributed by atoms with van der Waals surface area (Å²) in [5.74, 6) is -4.67. The topological polar surface area (TPSA) is 82.1 Å². The Morgan fingerprint density at radius 3 is 2.24 bits per heavy atom. The maximum Gasteiger partial charge on any atom is 0.453 e. The summed E-state index contributed by atoms with van der Waals surface area (Å²) in [6, 6.07) is 6.31. The molecule has 0 bridgehead atoms. The summed E-state index contributed by atoms with van der Waals surface area (Å²) in [6.45, 7) is 1.60. The van der Waals surface area contributed by atoms with E-state index in [2.05, 4.69) is 4.74 Å². The van der Waals surface area contributed by atoms with Gasteiger partial charge in [-0.2, -0.15) is 0 Å². The number of carbonyl (C=O) groups excluding carboxylic acids is 1. The number of esters is 1. The van der Waals surface area contributed by atoms with E-state index in [1.807, 2.05) is 0 Å². The number of aliphatic carboxylic acids is 1. The number of benzene rings is 1. The molecule has 1 aliphatic rings. The van der Waals surface area contributed by atoms with E-state index in [-0.39, 0.29) is 18.1 Å². The molecular weight excluding hydrogens is 228 g/mol. The van der Waals surface area contributed by atoms with E-state index < -0.39 is 17.7 Å². The lowest BCUT2D eigenvalue weighted by Crippen LogP contribution is -2.55. The van der Waals surface area contributed by atoms with E-state index in [0.717, 1.165) is 0 Å². The molecule has 2 rings (SSSR count).